The molecule has 1 saturated carbocycles. The van der Waals surface area contributed by atoms with E-state index in [1.807, 2.05) is 4.52 Å². The molecule has 22 heavy (non-hydrogen) atoms. The molecule has 1 aliphatic carbocycles. The predicted octanol–water partition coefficient (Wildman–Crippen LogP) is 2.12. The van der Waals surface area contributed by atoms with Gasteiger partial charge in [0.15, 0.2) is 0 Å². The van der Waals surface area contributed by atoms with Crippen LogP contribution < -0.4 is 5.32 Å². The minimum atomic E-state index is 0.500. The van der Waals surface area contributed by atoms with Crippen LogP contribution in [0.3, 0.4) is 0 Å². The predicted molar refractivity (Wildman–Crippen MR) is 86.0 cm³/mol. The molecule has 0 bridgehead atoms. The summed E-state index contributed by atoms with van der Waals surface area (Å²) in [6, 6.07) is 3.43. The topological polar surface area (TPSA) is 58.4 Å². The van der Waals surface area contributed by atoms with Crippen molar-refractivity contribution in [3.63, 3.8) is 0 Å². The average Bonchev–Trinajstić information content (AvgIpc) is 3.27. The Morgan fingerprint density at radius 3 is 2.95 bits per heavy atom. The van der Waals surface area contributed by atoms with Crippen LogP contribution in [-0.2, 0) is 6.42 Å². The van der Waals surface area contributed by atoms with Crippen molar-refractivity contribution in [2.45, 2.75) is 57.5 Å². The van der Waals surface area contributed by atoms with Gasteiger partial charge in [-0.1, -0.05) is 19.8 Å². The van der Waals surface area contributed by atoms with Crippen LogP contribution in [0.25, 0.3) is 5.78 Å². The molecule has 1 aliphatic heterocycles. The second-order valence-electron chi connectivity index (χ2n) is 6.52. The molecule has 1 saturated heterocycles. The van der Waals surface area contributed by atoms with E-state index in [9.17, 15) is 0 Å². The van der Waals surface area contributed by atoms with Crippen LogP contribution in [0.15, 0.2) is 12.4 Å². The number of anilines is 1. The summed E-state index contributed by atoms with van der Waals surface area (Å²) in [6.07, 6.45) is 9.27. The van der Waals surface area contributed by atoms with Gasteiger partial charge in [-0.25, -0.2) is 4.98 Å². The highest BCUT2D eigenvalue weighted by Crippen LogP contribution is 2.27. The number of nitrogens with one attached hydrogen (secondary N) is 1. The minimum Gasteiger partial charge on any atom is -0.366 e. The Kier molecular flexibility index (Phi) is 3.70. The van der Waals surface area contributed by atoms with E-state index in [2.05, 4.69) is 38.3 Å². The van der Waals surface area contributed by atoms with Crippen molar-refractivity contribution < 1.29 is 0 Å². The number of aryl methyl sites for hydroxylation is 1. The van der Waals surface area contributed by atoms with E-state index in [4.69, 9.17) is 0 Å². The maximum absolute atomic E-state index is 4.51. The zero-order valence-corrected chi connectivity index (χ0v) is 13.2. The highest BCUT2D eigenvalue weighted by atomic mass is 15.4. The first kappa shape index (κ1) is 13.9. The molecule has 1 N–H and O–H groups in total. The van der Waals surface area contributed by atoms with Crippen LogP contribution in [-0.4, -0.2) is 49.7 Å². The SMILES string of the molecule is CCc1cc(NC2CCN(C3CCCC3)C2)n2ncnc2n1. The molecule has 6 nitrogen and oxygen atoms in total. The van der Waals surface area contributed by atoms with E-state index in [0.29, 0.717) is 11.8 Å². The summed E-state index contributed by atoms with van der Waals surface area (Å²) in [5.41, 5.74) is 1.06. The Morgan fingerprint density at radius 2 is 2.14 bits per heavy atom. The fourth-order valence-corrected chi connectivity index (χ4v) is 3.86. The van der Waals surface area contributed by atoms with Crippen molar-refractivity contribution in [1.82, 2.24) is 24.5 Å². The standard InChI is InChI=1S/C16H24N6/c1-2-12-9-15(22-16(20-12)17-11-18-22)19-13-7-8-21(10-13)14-5-3-4-6-14/h9,11,13-14,19H,2-8,10H2,1H3. The summed E-state index contributed by atoms with van der Waals surface area (Å²) in [6.45, 7) is 4.48. The van der Waals surface area contributed by atoms with Crippen LogP contribution in [0.5, 0.6) is 0 Å². The van der Waals surface area contributed by atoms with Crippen molar-refractivity contribution in [1.29, 1.82) is 0 Å². The monoisotopic (exact) mass is 300 g/mol. The second kappa shape index (κ2) is 5.83. The van der Waals surface area contributed by atoms with Gasteiger partial charge < -0.3 is 5.32 Å². The molecule has 4 rings (SSSR count). The van der Waals surface area contributed by atoms with Crippen molar-refractivity contribution in [2.24, 2.45) is 0 Å². The summed E-state index contributed by atoms with van der Waals surface area (Å²) < 4.78 is 1.82. The third-order valence-corrected chi connectivity index (χ3v) is 5.08. The molecule has 2 aromatic heterocycles. The van der Waals surface area contributed by atoms with Crippen LogP contribution >= 0.6 is 0 Å². The van der Waals surface area contributed by atoms with Gasteiger partial charge in [-0.3, -0.25) is 4.90 Å². The molecule has 1 atom stereocenters. The van der Waals surface area contributed by atoms with Crippen molar-refractivity contribution in [3.05, 3.63) is 18.1 Å². The molecule has 118 valence electrons. The quantitative estimate of drug-likeness (QED) is 0.937. The lowest BCUT2D eigenvalue weighted by atomic mass is 10.2. The molecule has 1 unspecified atom stereocenters. The second-order valence-corrected chi connectivity index (χ2v) is 6.52. The molecule has 0 radical (unpaired) electrons. The zero-order valence-electron chi connectivity index (χ0n) is 13.2. The molecule has 2 aliphatic rings. The van der Waals surface area contributed by atoms with Crippen LogP contribution in [0.1, 0.15) is 44.7 Å². The largest absolute Gasteiger partial charge is 0.366 e. The summed E-state index contributed by atoms with van der Waals surface area (Å²) in [5, 5.41) is 7.98. The lowest BCUT2D eigenvalue weighted by Gasteiger charge is -2.23. The summed E-state index contributed by atoms with van der Waals surface area (Å²) in [4.78, 5) is 11.4. The maximum Gasteiger partial charge on any atom is 0.254 e. The number of aromatic nitrogens is 4. The van der Waals surface area contributed by atoms with Gasteiger partial charge in [-0.2, -0.15) is 14.6 Å². The fourth-order valence-electron chi connectivity index (χ4n) is 3.86. The Hall–Kier alpha value is -1.69. The highest BCUT2D eigenvalue weighted by Gasteiger charge is 2.30. The molecule has 2 fully saturated rings. The maximum atomic E-state index is 4.51. The molecule has 3 heterocycles. The van der Waals surface area contributed by atoms with E-state index < -0.39 is 0 Å². The first-order chi connectivity index (χ1) is 10.8. The van der Waals surface area contributed by atoms with E-state index in [1.165, 1.54) is 38.6 Å². The smallest absolute Gasteiger partial charge is 0.254 e. The average molecular weight is 300 g/mol. The van der Waals surface area contributed by atoms with E-state index >= 15 is 0 Å². The van der Waals surface area contributed by atoms with E-state index in [1.54, 1.807) is 6.33 Å². The fraction of sp³-hybridized carbons (Fsp3) is 0.688. The number of fused-ring (bicyclic) bond motifs is 1. The summed E-state index contributed by atoms with van der Waals surface area (Å²) in [7, 11) is 0. The summed E-state index contributed by atoms with van der Waals surface area (Å²) in [5.74, 6) is 1.71. The Morgan fingerprint density at radius 1 is 1.27 bits per heavy atom. The summed E-state index contributed by atoms with van der Waals surface area (Å²) >= 11 is 0. The van der Waals surface area contributed by atoms with Crippen molar-refractivity contribution >= 4 is 11.6 Å². The first-order valence-corrected chi connectivity index (χ1v) is 8.53. The van der Waals surface area contributed by atoms with Gasteiger partial charge in [-0.05, 0) is 25.7 Å². The van der Waals surface area contributed by atoms with Gasteiger partial charge in [-0.15, -0.1) is 0 Å². The Bertz CT molecular complexity index is 645. The van der Waals surface area contributed by atoms with Crippen molar-refractivity contribution in [3.8, 4) is 0 Å². The Labute approximate surface area is 130 Å². The Balaban J connectivity index is 1.50. The van der Waals surface area contributed by atoms with Crippen LogP contribution in [0.4, 0.5) is 5.82 Å². The molecular formula is C16H24N6. The lowest BCUT2D eigenvalue weighted by Crippen LogP contribution is -2.33. The van der Waals surface area contributed by atoms with Gasteiger partial charge in [0, 0.05) is 36.9 Å². The molecular weight excluding hydrogens is 276 g/mol. The van der Waals surface area contributed by atoms with Crippen molar-refractivity contribution in [2.75, 3.05) is 18.4 Å². The third-order valence-electron chi connectivity index (χ3n) is 5.08. The van der Waals surface area contributed by atoms with E-state index in [-0.39, 0.29) is 0 Å². The van der Waals surface area contributed by atoms with Crippen LogP contribution in [0, 0.1) is 0 Å². The molecule has 6 heteroatoms. The normalized spacial score (nSPS) is 23.6. The van der Waals surface area contributed by atoms with Gasteiger partial charge in [0.05, 0.1) is 0 Å². The third kappa shape index (κ3) is 2.56. The first-order valence-electron chi connectivity index (χ1n) is 8.53. The van der Waals surface area contributed by atoms with Gasteiger partial charge in [0.25, 0.3) is 5.78 Å². The minimum absolute atomic E-state index is 0.500. The number of hydrogen-bond donors (Lipinski definition) is 1. The molecule has 0 amide bonds. The van der Waals surface area contributed by atoms with Gasteiger partial charge >= 0.3 is 0 Å². The van der Waals surface area contributed by atoms with Gasteiger partial charge in [0.2, 0.25) is 0 Å². The number of rotatable bonds is 4. The van der Waals surface area contributed by atoms with Gasteiger partial charge in [0.1, 0.15) is 12.1 Å². The number of hydrogen-bond acceptors (Lipinski definition) is 5. The lowest BCUT2D eigenvalue weighted by molar-refractivity contribution is 0.245. The zero-order chi connectivity index (χ0) is 14.9. The number of likely N-dealkylation sites (tertiary alicyclic amines) is 1. The molecule has 0 aromatic carbocycles. The number of nitrogens with zero attached hydrogens (tertiary/aromatic N) is 5. The van der Waals surface area contributed by atoms with E-state index in [0.717, 1.165) is 30.5 Å². The molecule has 0 spiro atoms. The molecule has 2 aromatic rings. The van der Waals surface area contributed by atoms with Crippen LogP contribution in [0.2, 0.25) is 0 Å². The highest BCUT2D eigenvalue weighted by molar-refractivity contribution is 5.45.